The first-order valence-corrected chi connectivity index (χ1v) is 8.14. The molecule has 2 nitrogen and oxygen atoms in total. The van der Waals surface area contributed by atoms with Gasteiger partial charge in [0.15, 0.2) is 0 Å². The lowest BCUT2D eigenvalue weighted by Gasteiger charge is -2.19. The Morgan fingerprint density at radius 1 is 1.08 bits per heavy atom. The molecule has 0 atom stereocenters. The summed E-state index contributed by atoms with van der Waals surface area (Å²) in [6, 6.07) is 8.26. The van der Waals surface area contributed by atoms with Crippen molar-refractivity contribution in [1.82, 2.24) is 0 Å². The van der Waals surface area contributed by atoms with Crippen molar-refractivity contribution in [3.05, 3.63) is 76.2 Å². The maximum atomic E-state index is 14.3. The lowest BCUT2D eigenvalue weighted by atomic mass is 9.86. The van der Waals surface area contributed by atoms with Crippen LogP contribution in [0.5, 0.6) is 0 Å². The zero-order valence-electron chi connectivity index (χ0n) is 14.4. The molecule has 126 valence electrons. The van der Waals surface area contributed by atoms with Gasteiger partial charge < -0.3 is 5.11 Å². The van der Waals surface area contributed by atoms with Gasteiger partial charge in [0.05, 0.1) is 0 Å². The quantitative estimate of drug-likeness (QED) is 0.575. The molecular formula is C21H23FO2. The van der Waals surface area contributed by atoms with Gasteiger partial charge in [-0.05, 0) is 74.0 Å². The number of carboxylic acid groups (broad SMARTS) is 1. The van der Waals surface area contributed by atoms with E-state index in [0.29, 0.717) is 11.1 Å². The molecule has 0 spiro atoms. The largest absolute Gasteiger partial charge is 0.478 e. The number of rotatable bonds is 4. The fraction of sp³-hybridized carbons (Fsp3) is 0.286. The van der Waals surface area contributed by atoms with Gasteiger partial charge in [0.25, 0.3) is 0 Å². The van der Waals surface area contributed by atoms with Gasteiger partial charge in [-0.1, -0.05) is 36.4 Å². The van der Waals surface area contributed by atoms with E-state index in [9.17, 15) is 9.18 Å². The summed E-state index contributed by atoms with van der Waals surface area (Å²) >= 11 is 0. The van der Waals surface area contributed by atoms with E-state index in [1.165, 1.54) is 30.2 Å². The van der Waals surface area contributed by atoms with Gasteiger partial charge in [-0.3, -0.25) is 0 Å². The van der Waals surface area contributed by atoms with Crippen LogP contribution in [0.4, 0.5) is 4.39 Å². The number of allylic oxidation sites excluding steroid dienone is 7. The number of aryl methyl sites for hydroxylation is 1. The standard InChI is InChI=1S/C21H23FO2/c1-14(16(3)21(23)24)11-12-20(22)15(2)13-18-9-6-8-17-7-4-5-10-19(17)18/h4-5,7,10-13H,6,8-9H2,1-3H3,(H,23,24)/b12-11+,16-14+,18-13+,20-15+. The maximum absolute atomic E-state index is 14.3. The normalized spacial score (nSPS) is 18.2. The van der Waals surface area contributed by atoms with Gasteiger partial charge in [-0.25, -0.2) is 9.18 Å². The summed E-state index contributed by atoms with van der Waals surface area (Å²) in [6.45, 7) is 4.92. The third kappa shape index (κ3) is 4.31. The van der Waals surface area contributed by atoms with Gasteiger partial charge in [0, 0.05) is 5.57 Å². The Balaban J connectivity index is 2.28. The van der Waals surface area contributed by atoms with E-state index in [0.717, 1.165) is 24.8 Å². The Morgan fingerprint density at radius 3 is 2.50 bits per heavy atom. The highest BCUT2D eigenvalue weighted by Crippen LogP contribution is 2.31. The van der Waals surface area contributed by atoms with Gasteiger partial charge in [0.2, 0.25) is 0 Å². The highest BCUT2D eigenvalue weighted by molar-refractivity contribution is 5.87. The molecule has 0 aliphatic heterocycles. The predicted molar refractivity (Wildman–Crippen MR) is 96.3 cm³/mol. The van der Waals surface area contributed by atoms with Crippen LogP contribution >= 0.6 is 0 Å². The highest BCUT2D eigenvalue weighted by atomic mass is 19.1. The number of halogens is 1. The zero-order valence-corrected chi connectivity index (χ0v) is 14.4. The topological polar surface area (TPSA) is 37.3 Å². The number of aliphatic carboxylic acids is 1. The average molecular weight is 326 g/mol. The average Bonchev–Trinajstić information content (AvgIpc) is 2.58. The van der Waals surface area contributed by atoms with Gasteiger partial charge in [-0.2, -0.15) is 0 Å². The lowest BCUT2D eigenvalue weighted by molar-refractivity contribution is -0.132. The summed E-state index contributed by atoms with van der Waals surface area (Å²) in [5, 5.41) is 8.93. The van der Waals surface area contributed by atoms with Crippen LogP contribution < -0.4 is 0 Å². The minimum absolute atomic E-state index is 0.219. The molecule has 1 aliphatic carbocycles. The third-order valence-electron chi connectivity index (χ3n) is 4.41. The molecule has 24 heavy (non-hydrogen) atoms. The number of fused-ring (bicyclic) bond motifs is 1. The van der Waals surface area contributed by atoms with Crippen LogP contribution in [0.1, 0.15) is 44.7 Å². The van der Waals surface area contributed by atoms with E-state index >= 15 is 0 Å². The van der Waals surface area contributed by atoms with Crippen molar-refractivity contribution in [2.75, 3.05) is 0 Å². The fourth-order valence-electron chi connectivity index (χ4n) is 2.76. The Morgan fingerprint density at radius 2 is 1.79 bits per heavy atom. The molecule has 0 saturated heterocycles. The molecule has 1 aromatic carbocycles. The number of benzene rings is 1. The first-order valence-electron chi connectivity index (χ1n) is 8.14. The van der Waals surface area contributed by atoms with Crippen LogP contribution in [-0.4, -0.2) is 11.1 Å². The highest BCUT2D eigenvalue weighted by Gasteiger charge is 2.13. The van der Waals surface area contributed by atoms with E-state index in [1.54, 1.807) is 13.8 Å². The molecule has 0 heterocycles. The Labute approximate surface area is 142 Å². The summed E-state index contributed by atoms with van der Waals surface area (Å²) in [5.41, 5.74) is 5.00. The molecule has 0 fully saturated rings. The molecule has 0 saturated carbocycles. The van der Waals surface area contributed by atoms with E-state index in [2.05, 4.69) is 12.1 Å². The third-order valence-corrected chi connectivity index (χ3v) is 4.41. The summed E-state index contributed by atoms with van der Waals surface area (Å²) in [6.07, 6.45) is 7.84. The van der Waals surface area contributed by atoms with Gasteiger partial charge >= 0.3 is 5.97 Å². The molecule has 0 amide bonds. The van der Waals surface area contributed by atoms with Crippen LogP contribution in [0.15, 0.2) is 65.0 Å². The molecule has 1 aliphatic rings. The molecular weight excluding hydrogens is 303 g/mol. The van der Waals surface area contributed by atoms with E-state index in [1.807, 2.05) is 18.2 Å². The second-order valence-corrected chi connectivity index (χ2v) is 6.16. The molecule has 3 heteroatoms. The minimum atomic E-state index is -0.987. The molecule has 0 aromatic heterocycles. The van der Waals surface area contributed by atoms with Crippen molar-refractivity contribution in [3.63, 3.8) is 0 Å². The second-order valence-electron chi connectivity index (χ2n) is 6.16. The maximum Gasteiger partial charge on any atom is 0.331 e. The predicted octanol–water partition coefficient (Wildman–Crippen LogP) is 5.63. The van der Waals surface area contributed by atoms with E-state index in [4.69, 9.17) is 5.11 Å². The molecule has 0 bridgehead atoms. The summed E-state index contributed by atoms with van der Waals surface area (Å²) in [7, 11) is 0. The van der Waals surface area contributed by atoms with Gasteiger partial charge in [-0.15, -0.1) is 0 Å². The molecule has 0 unspecified atom stereocenters. The number of hydrogen-bond donors (Lipinski definition) is 1. The molecule has 1 aromatic rings. The summed E-state index contributed by atoms with van der Waals surface area (Å²) in [5.74, 6) is -1.33. The molecule has 2 rings (SSSR count). The van der Waals surface area contributed by atoms with Crippen molar-refractivity contribution in [1.29, 1.82) is 0 Å². The lowest BCUT2D eigenvalue weighted by Crippen LogP contribution is -2.01. The Bertz CT molecular complexity index is 764. The monoisotopic (exact) mass is 326 g/mol. The fourth-order valence-corrected chi connectivity index (χ4v) is 2.76. The van der Waals surface area contributed by atoms with Crippen molar-refractivity contribution in [2.45, 2.75) is 40.0 Å². The zero-order chi connectivity index (χ0) is 17.7. The van der Waals surface area contributed by atoms with Crippen LogP contribution in [0.25, 0.3) is 5.57 Å². The number of carbonyl (C=O) groups is 1. The first kappa shape index (κ1) is 17.9. The first-order chi connectivity index (χ1) is 11.4. The van der Waals surface area contributed by atoms with Crippen molar-refractivity contribution in [3.8, 4) is 0 Å². The van der Waals surface area contributed by atoms with Crippen LogP contribution in [0.3, 0.4) is 0 Å². The summed E-state index contributed by atoms with van der Waals surface area (Å²) < 4.78 is 14.3. The minimum Gasteiger partial charge on any atom is -0.478 e. The van der Waals surface area contributed by atoms with Crippen molar-refractivity contribution >= 4 is 11.5 Å². The van der Waals surface area contributed by atoms with E-state index < -0.39 is 5.97 Å². The SMILES string of the molecule is CC(/C=C1\CCCc2ccccc21)=C(F)/C=C/C(C)=C(\C)C(=O)O. The summed E-state index contributed by atoms with van der Waals surface area (Å²) in [4.78, 5) is 10.9. The van der Waals surface area contributed by atoms with Gasteiger partial charge in [0.1, 0.15) is 5.83 Å². The number of hydrogen-bond acceptors (Lipinski definition) is 1. The number of carboxylic acids is 1. The molecule has 1 N–H and O–H groups in total. The van der Waals surface area contributed by atoms with Crippen molar-refractivity contribution < 1.29 is 14.3 Å². The molecule has 0 radical (unpaired) electrons. The van der Waals surface area contributed by atoms with Crippen LogP contribution in [0.2, 0.25) is 0 Å². The van der Waals surface area contributed by atoms with Crippen LogP contribution in [-0.2, 0) is 11.2 Å². The second kappa shape index (κ2) is 7.91. The Hall–Kier alpha value is -2.42. The smallest absolute Gasteiger partial charge is 0.331 e. The van der Waals surface area contributed by atoms with E-state index in [-0.39, 0.29) is 11.4 Å². The van der Waals surface area contributed by atoms with Crippen molar-refractivity contribution in [2.24, 2.45) is 0 Å². The Kier molecular flexibility index (Phi) is 5.91. The van der Waals surface area contributed by atoms with Crippen LogP contribution in [0, 0.1) is 0 Å².